The van der Waals surface area contributed by atoms with Gasteiger partial charge in [0, 0.05) is 17.0 Å². The van der Waals surface area contributed by atoms with Crippen LogP contribution in [0.1, 0.15) is 22.5 Å². The molecule has 2 aromatic carbocycles. The molecule has 1 amide bonds. The number of aryl methyl sites for hydroxylation is 2. The Labute approximate surface area is 194 Å². The number of hydrogen-bond acceptors (Lipinski definition) is 4. The van der Waals surface area contributed by atoms with E-state index in [0.717, 1.165) is 17.0 Å². The number of aromatic nitrogens is 1. The van der Waals surface area contributed by atoms with Crippen LogP contribution in [0.4, 0.5) is 4.39 Å². The maximum atomic E-state index is 14.0. The Bertz CT molecular complexity index is 1180. The van der Waals surface area contributed by atoms with E-state index in [1.807, 2.05) is 42.8 Å². The number of thioether (sulfide) groups is 1. The van der Waals surface area contributed by atoms with Crippen molar-refractivity contribution in [2.75, 3.05) is 5.01 Å². The van der Waals surface area contributed by atoms with E-state index < -0.39 is 5.82 Å². The van der Waals surface area contributed by atoms with Crippen LogP contribution >= 0.6 is 35.6 Å². The molecule has 3 aromatic rings. The largest absolute Gasteiger partial charge is 0.489 e. The van der Waals surface area contributed by atoms with Gasteiger partial charge in [-0.25, -0.2) is 4.39 Å². The van der Waals surface area contributed by atoms with Crippen LogP contribution in [0.5, 0.6) is 5.75 Å². The minimum atomic E-state index is -0.414. The molecule has 1 aliphatic rings. The number of ether oxygens (including phenoxy) is 1. The van der Waals surface area contributed by atoms with Crippen LogP contribution in [-0.2, 0) is 11.4 Å². The molecule has 0 spiro atoms. The average Bonchev–Trinajstić information content (AvgIpc) is 3.19. The molecule has 4 rings (SSSR count). The zero-order valence-electron chi connectivity index (χ0n) is 16.8. The molecule has 0 atom stereocenters. The van der Waals surface area contributed by atoms with Crippen molar-refractivity contribution in [3.8, 4) is 5.75 Å². The van der Waals surface area contributed by atoms with Crippen molar-refractivity contribution in [1.29, 1.82) is 0 Å². The van der Waals surface area contributed by atoms with Gasteiger partial charge in [-0.05, 0) is 74.1 Å². The number of nitrogens with zero attached hydrogens (tertiary/aromatic N) is 2. The predicted octanol–water partition coefficient (Wildman–Crippen LogP) is 6.01. The summed E-state index contributed by atoms with van der Waals surface area (Å²) in [6, 6.07) is 15.6. The number of benzene rings is 2. The molecular formula is C23H18ClFN2O2S2. The summed E-state index contributed by atoms with van der Waals surface area (Å²) >= 11 is 12.8. The van der Waals surface area contributed by atoms with E-state index >= 15 is 0 Å². The minimum Gasteiger partial charge on any atom is -0.489 e. The highest BCUT2D eigenvalue weighted by atomic mass is 35.5. The Balaban J connectivity index is 1.54. The molecule has 1 aromatic heterocycles. The SMILES string of the molecule is Cc1ccc(C)n1N1C(=O)/C(=C/c2cccc(OCc3c(F)cccc3Cl)c2)SC1=S. The Kier molecular flexibility index (Phi) is 6.18. The third-order valence-corrected chi connectivity index (χ3v) is 6.44. The van der Waals surface area contributed by atoms with E-state index in [4.69, 9.17) is 28.6 Å². The third kappa shape index (κ3) is 4.39. The van der Waals surface area contributed by atoms with Gasteiger partial charge in [-0.15, -0.1) is 0 Å². The number of amides is 1. The maximum Gasteiger partial charge on any atom is 0.285 e. The fraction of sp³-hybridized carbons (Fsp3) is 0.130. The van der Waals surface area contributed by atoms with E-state index in [-0.39, 0.29) is 12.5 Å². The summed E-state index contributed by atoms with van der Waals surface area (Å²) in [4.78, 5) is 13.6. The van der Waals surface area contributed by atoms with Crippen LogP contribution in [0.2, 0.25) is 5.02 Å². The lowest BCUT2D eigenvalue weighted by Crippen LogP contribution is -2.39. The molecule has 158 valence electrons. The number of carbonyl (C=O) groups excluding carboxylic acids is 1. The summed E-state index contributed by atoms with van der Waals surface area (Å²) < 4.78 is 22.0. The first-order chi connectivity index (χ1) is 14.8. The van der Waals surface area contributed by atoms with Gasteiger partial charge in [0.25, 0.3) is 5.91 Å². The number of thiocarbonyl (C=S) groups is 1. The molecular weight excluding hydrogens is 455 g/mol. The molecule has 4 nitrogen and oxygen atoms in total. The third-order valence-electron chi connectivity index (χ3n) is 4.81. The topological polar surface area (TPSA) is 34.5 Å². The second-order valence-corrected chi connectivity index (χ2v) is 9.07. The number of hydrogen-bond donors (Lipinski definition) is 0. The summed E-state index contributed by atoms with van der Waals surface area (Å²) in [6.45, 7) is 3.86. The van der Waals surface area contributed by atoms with Gasteiger partial charge in [0.2, 0.25) is 0 Å². The van der Waals surface area contributed by atoms with Gasteiger partial charge >= 0.3 is 0 Å². The van der Waals surface area contributed by atoms with Gasteiger partial charge in [0.1, 0.15) is 18.2 Å². The number of halogens is 2. The summed E-state index contributed by atoms with van der Waals surface area (Å²) in [5.74, 6) is -0.0505. The molecule has 1 fully saturated rings. The van der Waals surface area contributed by atoms with Gasteiger partial charge < -0.3 is 4.74 Å². The second kappa shape index (κ2) is 8.86. The zero-order valence-corrected chi connectivity index (χ0v) is 19.2. The van der Waals surface area contributed by atoms with Crippen LogP contribution < -0.4 is 9.75 Å². The molecule has 0 radical (unpaired) electrons. The van der Waals surface area contributed by atoms with Gasteiger partial charge in [-0.3, -0.25) is 9.47 Å². The average molecular weight is 473 g/mol. The Hall–Kier alpha value is -2.61. The zero-order chi connectivity index (χ0) is 22.1. The van der Waals surface area contributed by atoms with Crippen LogP contribution in [-0.4, -0.2) is 14.9 Å². The first-order valence-electron chi connectivity index (χ1n) is 9.44. The molecule has 0 N–H and O–H groups in total. The molecule has 31 heavy (non-hydrogen) atoms. The molecule has 1 aliphatic heterocycles. The van der Waals surface area contributed by atoms with Crippen LogP contribution in [0.15, 0.2) is 59.5 Å². The van der Waals surface area contributed by atoms with Crippen LogP contribution in [0.25, 0.3) is 6.08 Å². The van der Waals surface area contributed by atoms with Crippen molar-refractivity contribution in [2.45, 2.75) is 20.5 Å². The first kappa shape index (κ1) is 21.6. The van der Waals surface area contributed by atoms with Crippen molar-refractivity contribution < 1.29 is 13.9 Å². The fourth-order valence-corrected chi connectivity index (χ4v) is 4.74. The lowest BCUT2D eigenvalue weighted by molar-refractivity contribution is -0.114. The monoisotopic (exact) mass is 472 g/mol. The van der Waals surface area contributed by atoms with Crippen LogP contribution in [0.3, 0.4) is 0 Å². The van der Waals surface area contributed by atoms with E-state index in [1.165, 1.54) is 22.8 Å². The van der Waals surface area contributed by atoms with E-state index in [1.54, 1.807) is 30.3 Å². The maximum absolute atomic E-state index is 14.0. The van der Waals surface area contributed by atoms with Crippen molar-refractivity contribution in [3.63, 3.8) is 0 Å². The van der Waals surface area contributed by atoms with Crippen LogP contribution in [0, 0.1) is 19.7 Å². The standard InChI is InChI=1S/C23H18ClFN2O2S2/c1-14-9-10-15(2)26(14)27-22(28)21(31-23(27)30)12-16-5-3-6-17(11-16)29-13-18-19(24)7-4-8-20(18)25/h3-12H,13H2,1-2H3/b21-12-. The highest BCUT2D eigenvalue weighted by Gasteiger charge is 2.34. The Morgan fingerprint density at radius 3 is 2.55 bits per heavy atom. The highest BCUT2D eigenvalue weighted by molar-refractivity contribution is 8.27. The van der Waals surface area contributed by atoms with E-state index in [2.05, 4.69) is 0 Å². The normalized spacial score (nSPS) is 15.2. The van der Waals surface area contributed by atoms with Gasteiger partial charge in [-0.2, -0.15) is 5.01 Å². The Morgan fingerprint density at radius 2 is 1.84 bits per heavy atom. The van der Waals surface area contributed by atoms with E-state index in [0.29, 0.717) is 25.6 Å². The van der Waals surface area contributed by atoms with Crippen molar-refractivity contribution in [3.05, 3.63) is 92.9 Å². The fourth-order valence-electron chi connectivity index (χ4n) is 3.28. The molecule has 0 unspecified atom stereocenters. The predicted molar refractivity (Wildman–Crippen MR) is 127 cm³/mol. The second-order valence-electron chi connectivity index (χ2n) is 6.98. The summed E-state index contributed by atoms with van der Waals surface area (Å²) in [5, 5.41) is 1.83. The molecule has 0 aliphatic carbocycles. The highest BCUT2D eigenvalue weighted by Crippen LogP contribution is 2.33. The smallest absolute Gasteiger partial charge is 0.285 e. The van der Waals surface area contributed by atoms with Gasteiger partial charge in [0.05, 0.1) is 9.93 Å². The molecule has 8 heteroatoms. The molecule has 0 saturated carbocycles. The lowest BCUT2D eigenvalue weighted by atomic mass is 10.2. The van der Waals surface area contributed by atoms with Gasteiger partial charge in [0.15, 0.2) is 4.32 Å². The van der Waals surface area contributed by atoms with E-state index in [9.17, 15) is 9.18 Å². The molecule has 1 saturated heterocycles. The molecule has 0 bridgehead atoms. The quantitative estimate of drug-likeness (QED) is 0.336. The number of carbonyl (C=O) groups is 1. The van der Waals surface area contributed by atoms with Crippen molar-refractivity contribution in [2.24, 2.45) is 0 Å². The Morgan fingerprint density at radius 1 is 1.13 bits per heavy atom. The van der Waals surface area contributed by atoms with Gasteiger partial charge in [-0.1, -0.05) is 41.6 Å². The molecule has 2 heterocycles. The van der Waals surface area contributed by atoms with Crippen molar-refractivity contribution >= 4 is 51.9 Å². The summed E-state index contributed by atoms with van der Waals surface area (Å²) in [5.41, 5.74) is 2.93. The summed E-state index contributed by atoms with van der Waals surface area (Å²) in [7, 11) is 0. The summed E-state index contributed by atoms with van der Waals surface area (Å²) in [6.07, 6.45) is 1.77. The lowest BCUT2D eigenvalue weighted by Gasteiger charge is -2.20. The minimum absolute atomic E-state index is 0.00323. The number of rotatable bonds is 5. The first-order valence-corrected chi connectivity index (χ1v) is 11.0. The van der Waals surface area contributed by atoms with Crippen molar-refractivity contribution in [1.82, 2.24) is 4.68 Å².